The quantitative estimate of drug-likeness (QED) is 0.587. The van der Waals surface area contributed by atoms with E-state index in [1.165, 1.54) is 4.90 Å². The van der Waals surface area contributed by atoms with E-state index in [1.807, 2.05) is 54.8 Å². The molecule has 0 aromatic heterocycles. The van der Waals surface area contributed by atoms with E-state index in [4.69, 9.17) is 4.74 Å². The lowest BCUT2D eigenvalue weighted by atomic mass is 10.0. The van der Waals surface area contributed by atoms with E-state index < -0.39 is 0 Å². The lowest BCUT2D eigenvalue weighted by Crippen LogP contribution is -2.02. The van der Waals surface area contributed by atoms with E-state index in [2.05, 4.69) is 0 Å². The highest BCUT2D eigenvalue weighted by Crippen LogP contribution is 2.20. The second-order valence-electron chi connectivity index (χ2n) is 4.46. The number of benzene rings is 2. The van der Waals surface area contributed by atoms with E-state index in [0.29, 0.717) is 12.8 Å². The van der Waals surface area contributed by atoms with Crippen LogP contribution in [-0.4, -0.2) is 19.1 Å². The molecule has 0 aliphatic rings. The number of hydrogen-bond acceptors (Lipinski definition) is 3. The van der Waals surface area contributed by atoms with Crippen LogP contribution in [-0.2, 0) is 6.42 Å². The van der Waals surface area contributed by atoms with Crippen LogP contribution in [0, 0.1) is 0 Å². The number of para-hydroxylation sites is 1. The highest BCUT2D eigenvalue weighted by atomic mass is 32.2. The van der Waals surface area contributed by atoms with Gasteiger partial charge in [-0.3, -0.25) is 4.79 Å². The summed E-state index contributed by atoms with van der Waals surface area (Å²) in [5.41, 5.74) is 1.85. The summed E-state index contributed by atoms with van der Waals surface area (Å²) in [4.78, 5) is 13.3. The molecule has 0 atom stereocenters. The molecule has 0 aliphatic heterocycles. The molecule has 0 saturated heterocycles. The molecular formula is C17H18O2S. The first kappa shape index (κ1) is 14.7. The number of carbonyl (C=O) groups excluding carboxylic acids is 1. The highest BCUT2D eigenvalue weighted by molar-refractivity contribution is 7.98. The van der Waals surface area contributed by atoms with Gasteiger partial charge in [0.25, 0.3) is 0 Å². The standard InChI is InChI=1S/C17H18O2S/c1-19-17-6-4-3-5-14(17)9-12-16(18)13-7-10-15(20-2)11-8-13/h3-8,10-11H,9,12H2,1-2H3. The Bertz CT molecular complexity index is 576. The highest BCUT2D eigenvalue weighted by Gasteiger charge is 2.08. The normalized spacial score (nSPS) is 10.3. The number of hydrogen-bond donors (Lipinski definition) is 0. The lowest BCUT2D eigenvalue weighted by Gasteiger charge is -2.07. The Labute approximate surface area is 124 Å². The minimum absolute atomic E-state index is 0.170. The van der Waals surface area contributed by atoms with Gasteiger partial charge in [0, 0.05) is 16.9 Å². The predicted molar refractivity (Wildman–Crippen MR) is 83.9 cm³/mol. The Balaban J connectivity index is 2.01. The molecule has 0 aliphatic carbocycles. The maximum Gasteiger partial charge on any atom is 0.163 e. The number of ether oxygens (including phenoxy) is 1. The van der Waals surface area contributed by atoms with E-state index >= 15 is 0 Å². The summed E-state index contributed by atoms with van der Waals surface area (Å²) in [6.45, 7) is 0. The summed E-state index contributed by atoms with van der Waals surface area (Å²) in [7, 11) is 1.65. The average Bonchev–Trinajstić information content (AvgIpc) is 2.53. The molecule has 0 fully saturated rings. The van der Waals surface area contributed by atoms with Crippen LogP contribution in [0.1, 0.15) is 22.3 Å². The molecule has 2 rings (SSSR count). The fourth-order valence-electron chi connectivity index (χ4n) is 2.08. The molecule has 2 aromatic rings. The van der Waals surface area contributed by atoms with Gasteiger partial charge in [0.1, 0.15) is 5.75 Å². The Morgan fingerprint density at radius 2 is 1.80 bits per heavy atom. The third-order valence-electron chi connectivity index (χ3n) is 3.23. The Kier molecular flexibility index (Phi) is 5.24. The van der Waals surface area contributed by atoms with Gasteiger partial charge in [-0.05, 0) is 36.4 Å². The third kappa shape index (κ3) is 3.64. The van der Waals surface area contributed by atoms with Gasteiger partial charge >= 0.3 is 0 Å². The minimum atomic E-state index is 0.170. The van der Waals surface area contributed by atoms with Crippen LogP contribution < -0.4 is 4.74 Å². The zero-order valence-corrected chi connectivity index (χ0v) is 12.6. The van der Waals surface area contributed by atoms with Gasteiger partial charge in [0.15, 0.2) is 5.78 Å². The molecule has 3 heteroatoms. The van der Waals surface area contributed by atoms with Crippen molar-refractivity contribution in [1.29, 1.82) is 0 Å². The zero-order chi connectivity index (χ0) is 14.4. The first-order valence-electron chi connectivity index (χ1n) is 6.53. The van der Waals surface area contributed by atoms with Crippen LogP contribution in [0.4, 0.5) is 0 Å². The minimum Gasteiger partial charge on any atom is -0.496 e. The summed E-state index contributed by atoms with van der Waals surface area (Å²) >= 11 is 1.68. The number of carbonyl (C=O) groups is 1. The summed E-state index contributed by atoms with van der Waals surface area (Å²) in [6.07, 6.45) is 3.23. The maximum absolute atomic E-state index is 12.2. The molecule has 0 heterocycles. The number of rotatable bonds is 6. The van der Waals surface area contributed by atoms with Crippen LogP contribution in [0.3, 0.4) is 0 Å². The number of Topliss-reactive ketones (excluding diaryl/α,β-unsaturated/α-hetero) is 1. The van der Waals surface area contributed by atoms with Gasteiger partial charge in [-0.2, -0.15) is 0 Å². The number of methoxy groups -OCH3 is 1. The van der Waals surface area contributed by atoms with Crippen LogP contribution >= 0.6 is 11.8 Å². The molecule has 20 heavy (non-hydrogen) atoms. The fourth-order valence-corrected chi connectivity index (χ4v) is 2.49. The summed E-state index contributed by atoms with van der Waals surface area (Å²) < 4.78 is 5.30. The number of ketones is 1. The SMILES string of the molecule is COc1ccccc1CCC(=O)c1ccc(SC)cc1. The Morgan fingerprint density at radius 3 is 2.45 bits per heavy atom. The number of aryl methyl sites for hydroxylation is 1. The van der Waals surface area contributed by atoms with Crippen LogP contribution in [0.15, 0.2) is 53.4 Å². The van der Waals surface area contributed by atoms with Crippen LogP contribution in [0.25, 0.3) is 0 Å². The van der Waals surface area contributed by atoms with E-state index in [0.717, 1.165) is 16.9 Å². The predicted octanol–water partition coefficient (Wildman–Crippen LogP) is 4.23. The van der Waals surface area contributed by atoms with Crippen molar-refractivity contribution in [2.24, 2.45) is 0 Å². The smallest absolute Gasteiger partial charge is 0.163 e. The zero-order valence-electron chi connectivity index (χ0n) is 11.8. The molecule has 2 nitrogen and oxygen atoms in total. The van der Waals surface area contributed by atoms with Gasteiger partial charge in [0.05, 0.1) is 7.11 Å². The van der Waals surface area contributed by atoms with Gasteiger partial charge in [-0.1, -0.05) is 30.3 Å². The molecular weight excluding hydrogens is 268 g/mol. The lowest BCUT2D eigenvalue weighted by molar-refractivity contribution is 0.0982. The Hall–Kier alpha value is -1.74. The third-order valence-corrected chi connectivity index (χ3v) is 3.97. The molecule has 104 valence electrons. The number of thioether (sulfide) groups is 1. The second-order valence-corrected chi connectivity index (χ2v) is 5.34. The van der Waals surface area contributed by atoms with Crippen LogP contribution in [0.2, 0.25) is 0 Å². The molecule has 0 radical (unpaired) electrons. The second kappa shape index (κ2) is 7.15. The van der Waals surface area contributed by atoms with Crippen molar-refractivity contribution in [3.63, 3.8) is 0 Å². The topological polar surface area (TPSA) is 26.3 Å². The molecule has 2 aromatic carbocycles. The molecule has 0 bridgehead atoms. The molecule has 0 saturated carbocycles. The summed E-state index contributed by atoms with van der Waals surface area (Å²) in [5.74, 6) is 1.02. The monoisotopic (exact) mass is 286 g/mol. The fraction of sp³-hybridized carbons (Fsp3) is 0.235. The molecule has 0 unspecified atom stereocenters. The summed E-state index contributed by atoms with van der Waals surface area (Å²) in [6, 6.07) is 15.6. The van der Waals surface area contributed by atoms with Crippen molar-refractivity contribution in [3.8, 4) is 5.75 Å². The van der Waals surface area contributed by atoms with Crippen molar-refractivity contribution < 1.29 is 9.53 Å². The first-order valence-corrected chi connectivity index (χ1v) is 7.76. The largest absolute Gasteiger partial charge is 0.496 e. The summed E-state index contributed by atoms with van der Waals surface area (Å²) in [5, 5.41) is 0. The molecule has 0 spiro atoms. The van der Waals surface area contributed by atoms with E-state index in [1.54, 1.807) is 18.9 Å². The molecule has 0 amide bonds. The maximum atomic E-state index is 12.2. The molecule has 0 N–H and O–H groups in total. The van der Waals surface area contributed by atoms with Crippen molar-refractivity contribution in [2.45, 2.75) is 17.7 Å². The van der Waals surface area contributed by atoms with E-state index in [9.17, 15) is 4.79 Å². The van der Waals surface area contributed by atoms with Crippen molar-refractivity contribution in [1.82, 2.24) is 0 Å². The van der Waals surface area contributed by atoms with Gasteiger partial charge in [0.2, 0.25) is 0 Å². The average molecular weight is 286 g/mol. The van der Waals surface area contributed by atoms with Crippen molar-refractivity contribution in [3.05, 3.63) is 59.7 Å². The van der Waals surface area contributed by atoms with Gasteiger partial charge in [-0.15, -0.1) is 11.8 Å². The van der Waals surface area contributed by atoms with Gasteiger partial charge < -0.3 is 4.74 Å². The van der Waals surface area contributed by atoms with E-state index in [-0.39, 0.29) is 5.78 Å². The van der Waals surface area contributed by atoms with Crippen molar-refractivity contribution in [2.75, 3.05) is 13.4 Å². The van der Waals surface area contributed by atoms with Gasteiger partial charge in [-0.25, -0.2) is 0 Å². The first-order chi connectivity index (χ1) is 9.74. The van der Waals surface area contributed by atoms with Crippen LogP contribution in [0.5, 0.6) is 5.75 Å². The Morgan fingerprint density at radius 1 is 1.10 bits per heavy atom. The van der Waals surface area contributed by atoms with Crippen molar-refractivity contribution >= 4 is 17.5 Å².